The Morgan fingerprint density at radius 1 is 1.06 bits per heavy atom. The molecule has 102 valence electrons. The molecule has 0 fully saturated rings. The van der Waals surface area contributed by atoms with Crippen LogP contribution in [0.15, 0.2) is 28.0 Å². The molecular formula is C8H12N2O6S2. The second-order valence-electron chi connectivity index (χ2n) is 3.04. The van der Waals surface area contributed by atoms with Crippen LogP contribution in [-0.4, -0.2) is 31.1 Å². The summed E-state index contributed by atoms with van der Waals surface area (Å²) in [5, 5.41) is 0. The molecule has 0 atom stereocenters. The van der Waals surface area contributed by atoms with Crippen LogP contribution in [0.4, 0.5) is 5.69 Å². The highest BCUT2D eigenvalue weighted by Crippen LogP contribution is 2.26. The van der Waals surface area contributed by atoms with Crippen LogP contribution < -0.4 is 11.3 Å². The van der Waals surface area contributed by atoms with Crippen molar-refractivity contribution in [1.82, 2.24) is 0 Å². The van der Waals surface area contributed by atoms with Crippen molar-refractivity contribution in [2.75, 3.05) is 19.6 Å². The number of nitrogen functional groups attached to an aromatic ring is 1. The van der Waals surface area contributed by atoms with Crippen LogP contribution >= 0.6 is 0 Å². The summed E-state index contributed by atoms with van der Waals surface area (Å²) in [6.45, 7) is 0. The standard InChI is InChI=1S/C8H12N2O6S2/c1-15-17(11,12)6-3-4-7(10-9)8(5-6)18(13,14)16-2/h3-5,10H,9H2,1-2H3. The van der Waals surface area contributed by atoms with E-state index in [9.17, 15) is 16.8 Å². The van der Waals surface area contributed by atoms with Crippen LogP contribution in [0.3, 0.4) is 0 Å². The van der Waals surface area contributed by atoms with Crippen molar-refractivity contribution in [2.24, 2.45) is 5.84 Å². The van der Waals surface area contributed by atoms with Gasteiger partial charge in [0, 0.05) is 0 Å². The van der Waals surface area contributed by atoms with E-state index in [1.54, 1.807) is 0 Å². The summed E-state index contributed by atoms with van der Waals surface area (Å²) in [6.07, 6.45) is 0. The van der Waals surface area contributed by atoms with Crippen molar-refractivity contribution in [1.29, 1.82) is 0 Å². The molecule has 1 rings (SSSR count). The highest BCUT2D eigenvalue weighted by atomic mass is 32.2. The van der Waals surface area contributed by atoms with Crippen LogP contribution in [-0.2, 0) is 28.6 Å². The lowest BCUT2D eigenvalue weighted by Gasteiger charge is -2.10. The average molecular weight is 296 g/mol. The molecule has 1 aromatic rings. The Balaban J connectivity index is 3.55. The van der Waals surface area contributed by atoms with Crippen molar-refractivity contribution in [3.63, 3.8) is 0 Å². The number of hydrogen-bond acceptors (Lipinski definition) is 8. The summed E-state index contributed by atoms with van der Waals surface area (Å²) in [6, 6.07) is 3.24. The number of hydrazine groups is 1. The van der Waals surface area contributed by atoms with E-state index in [-0.39, 0.29) is 10.6 Å². The molecule has 0 saturated carbocycles. The Morgan fingerprint density at radius 3 is 2.06 bits per heavy atom. The molecule has 8 nitrogen and oxygen atoms in total. The van der Waals surface area contributed by atoms with Gasteiger partial charge in [0.1, 0.15) is 4.90 Å². The molecule has 0 aliphatic rings. The van der Waals surface area contributed by atoms with Gasteiger partial charge in [0.25, 0.3) is 20.2 Å². The van der Waals surface area contributed by atoms with Crippen LogP contribution in [0, 0.1) is 0 Å². The fourth-order valence-corrected chi connectivity index (χ4v) is 2.78. The summed E-state index contributed by atoms with van der Waals surface area (Å²) >= 11 is 0. The minimum Gasteiger partial charge on any atom is -0.323 e. The van der Waals surface area contributed by atoms with E-state index >= 15 is 0 Å². The minimum atomic E-state index is -4.09. The van der Waals surface area contributed by atoms with Crippen LogP contribution in [0.1, 0.15) is 0 Å². The van der Waals surface area contributed by atoms with Crippen LogP contribution in [0.2, 0.25) is 0 Å². The highest BCUT2D eigenvalue weighted by molar-refractivity contribution is 7.87. The largest absolute Gasteiger partial charge is 0.323 e. The second-order valence-corrected chi connectivity index (χ2v) is 6.44. The number of nitrogens with one attached hydrogen (secondary N) is 1. The van der Waals surface area contributed by atoms with Gasteiger partial charge in [-0.25, -0.2) is 0 Å². The first-order valence-corrected chi connectivity index (χ1v) is 7.32. The summed E-state index contributed by atoms with van der Waals surface area (Å²) in [5.41, 5.74) is 2.14. The van der Waals surface area contributed by atoms with E-state index in [4.69, 9.17) is 5.84 Å². The molecule has 0 aliphatic carbocycles. The lowest BCUT2D eigenvalue weighted by Crippen LogP contribution is -2.14. The van der Waals surface area contributed by atoms with E-state index in [1.165, 1.54) is 6.07 Å². The molecule has 0 amide bonds. The summed E-state index contributed by atoms with van der Waals surface area (Å²) < 4.78 is 54.7. The predicted octanol–water partition coefficient (Wildman–Crippen LogP) is -0.358. The van der Waals surface area contributed by atoms with Crippen molar-refractivity contribution >= 4 is 25.9 Å². The maximum absolute atomic E-state index is 11.6. The first-order valence-electron chi connectivity index (χ1n) is 4.50. The summed E-state index contributed by atoms with van der Waals surface area (Å²) in [5.74, 6) is 5.14. The molecule has 0 bridgehead atoms. The molecule has 0 heterocycles. The fraction of sp³-hybridized carbons (Fsp3) is 0.250. The van der Waals surface area contributed by atoms with Crippen molar-refractivity contribution < 1.29 is 25.2 Å². The predicted molar refractivity (Wildman–Crippen MR) is 62.6 cm³/mol. The molecule has 0 aromatic heterocycles. The monoisotopic (exact) mass is 296 g/mol. The van der Waals surface area contributed by atoms with Gasteiger partial charge in [0.05, 0.1) is 24.8 Å². The lowest BCUT2D eigenvalue weighted by atomic mass is 10.3. The quantitative estimate of drug-likeness (QED) is 0.429. The third-order valence-corrected chi connectivity index (χ3v) is 4.69. The van der Waals surface area contributed by atoms with Crippen molar-refractivity contribution in [3.8, 4) is 0 Å². The van der Waals surface area contributed by atoms with Gasteiger partial charge < -0.3 is 5.43 Å². The van der Waals surface area contributed by atoms with Gasteiger partial charge in [0.15, 0.2) is 0 Å². The molecule has 0 unspecified atom stereocenters. The maximum Gasteiger partial charge on any atom is 0.298 e. The molecule has 0 saturated heterocycles. The Kier molecular flexibility index (Phi) is 4.29. The van der Waals surface area contributed by atoms with Gasteiger partial charge in [-0.05, 0) is 18.2 Å². The molecule has 3 N–H and O–H groups in total. The second kappa shape index (κ2) is 5.20. The molecule has 1 aromatic carbocycles. The molecular weight excluding hydrogens is 284 g/mol. The Labute approximate surface area is 105 Å². The summed E-state index contributed by atoms with van der Waals surface area (Å²) in [4.78, 5) is -0.717. The van der Waals surface area contributed by atoms with E-state index in [0.717, 1.165) is 26.4 Å². The number of benzene rings is 1. The van der Waals surface area contributed by atoms with E-state index in [2.05, 4.69) is 13.8 Å². The number of nitrogens with two attached hydrogens (primary N) is 1. The zero-order valence-electron chi connectivity index (χ0n) is 9.58. The van der Waals surface area contributed by atoms with Crippen molar-refractivity contribution in [2.45, 2.75) is 9.79 Å². The fourth-order valence-electron chi connectivity index (χ4n) is 1.17. The van der Waals surface area contributed by atoms with Gasteiger partial charge in [0.2, 0.25) is 0 Å². The van der Waals surface area contributed by atoms with Gasteiger partial charge in [-0.15, -0.1) is 0 Å². The van der Waals surface area contributed by atoms with Crippen LogP contribution in [0.5, 0.6) is 0 Å². The molecule has 0 spiro atoms. The van der Waals surface area contributed by atoms with Gasteiger partial charge in [-0.2, -0.15) is 16.8 Å². The average Bonchev–Trinajstić information content (AvgIpc) is 2.37. The van der Waals surface area contributed by atoms with Gasteiger partial charge in [-0.3, -0.25) is 14.2 Å². The lowest BCUT2D eigenvalue weighted by molar-refractivity contribution is 0.396. The first-order chi connectivity index (χ1) is 8.28. The van der Waals surface area contributed by atoms with E-state index < -0.39 is 25.1 Å². The third-order valence-electron chi connectivity index (χ3n) is 2.11. The minimum absolute atomic E-state index is 0.00639. The Hall–Kier alpha value is -1.20. The van der Waals surface area contributed by atoms with Crippen LogP contribution in [0.25, 0.3) is 0 Å². The number of rotatable bonds is 5. The normalized spacial score (nSPS) is 12.4. The smallest absolute Gasteiger partial charge is 0.298 e. The number of hydrogen-bond donors (Lipinski definition) is 2. The topological polar surface area (TPSA) is 125 Å². The van der Waals surface area contributed by atoms with E-state index in [1.807, 2.05) is 0 Å². The zero-order chi connectivity index (χ0) is 14.0. The number of anilines is 1. The highest BCUT2D eigenvalue weighted by Gasteiger charge is 2.22. The zero-order valence-corrected chi connectivity index (χ0v) is 11.2. The van der Waals surface area contributed by atoms with Gasteiger partial charge >= 0.3 is 0 Å². The maximum atomic E-state index is 11.6. The molecule has 10 heteroatoms. The Bertz CT molecular complexity index is 638. The third kappa shape index (κ3) is 2.79. The summed E-state index contributed by atoms with van der Waals surface area (Å²) in [7, 11) is -6.18. The van der Waals surface area contributed by atoms with Crippen molar-refractivity contribution in [3.05, 3.63) is 18.2 Å². The molecule has 0 aliphatic heterocycles. The molecule has 18 heavy (non-hydrogen) atoms. The molecule has 0 radical (unpaired) electrons. The SMILES string of the molecule is COS(=O)(=O)c1ccc(NN)c(S(=O)(=O)OC)c1. The first kappa shape index (κ1) is 14.9. The van der Waals surface area contributed by atoms with E-state index in [0.29, 0.717) is 0 Å². The Morgan fingerprint density at radius 2 is 1.61 bits per heavy atom. The van der Waals surface area contributed by atoms with Gasteiger partial charge in [-0.1, -0.05) is 0 Å².